The number of nitrogens with zero attached hydrogens (tertiary/aromatic N) is 3. The van der Waals surface area contributed by atoms with Gasteiger partial charge in [-0.3, -0.25) is 4.79 Å². The number of nitrogens with one attached hydrogen (secondary N) is 1. The van der Waals surface area contributed by atoms with Gasteiger partial charge in [0.15, 0.2) is 11.0 Å². The van der Waals surface area contributed by atoms with Crippen molar-refractivity contribution in [3.05, 3.63) is 59.8 Å². The van der Waals surface area contributed by atoms with Crippen LogP contribution >= 0.6 is 23.1 Å². The molecule has 5 nitrogen and oxygen atoms in total. The van der Waals surface area contributed by atoms with Crippen LogP contribution in [0.3, 0.4) is 0 Å². The van der Waals surface area contributed by atoms with Crippen LogP contribution < -0.4 is 5.32 Å². The molecule has 0 bridgehead atoms. The molecule has 0 radical (unpaired) electrons. The number of carbonyl (C=O) groups is 1. The summed E-state index contributed by atoms with van der Waals surface area (Å²) in [4.78, 5) is 12.7. The molecular formula is C19H20N4OS2. The van der Waals surface area contributed by atoms with Gasteiger partial charge < -0.3 is 9.88 Å². The van der Waals surface area contributed by atoms with Gasteiger partial charge in [0, 0.05) is 23.2 Å². The van der Waals surface area contributed by atoms with E-state index in [1.165, 1.54) is 11.8 Å². The third-order valence-electron chi connectivity index (χ3n) is 3.77. The molecule has 2 heterocycles. The van der Waals surface area contributed by atoms with E-state index in [2.05, 4.69) is 29.0 Å². The van der Waals surface area contributed by atoms with Gasteiger partial charge >= 0.3 is 0 Å². The van der Waals surface area contributed by atoms with Crippen molar-refractivity contribution < 1.29 is 4.79 Å². The van der Waals surface area contributed by atoms with Crippen molar-refractivity contribution in [3.8, 4) is 11.4 Å². The number of amides is 1. The van der Waals surface area contributed by atoms with E-state index in [4.69, 9.17) is 0 Å². The minimum atomic E-state index is -0.322. The van der Waals surface area contributed by atoms with E-state index in [9.17, 15) is 4.79 Å². The van der Waals surface area contributed by atoms with Gasteiger partial charge in [-0.1, -0.05) is 36.0 Å². The minimum Gasteiger partial charge on any atom is -0.325 e. The monoisotopic (exact) mass is 384 g/mol. The highest BCUT2D eigenvalue weighted by molar-refractivity contribution is 8.00. The lowest BCUT2D eigenvalue weighted by atomic mass is 10.2. The lowest BCUT2D eigenvalue weighted by Crippen LogP contribution is -2.25. The van der Waals surface area contributed by atoms with Gasteiger partial charge in [0.05, 0.1) is 5.25 Å². The summed E-state index contributed by atoms with van der Waals surface area (Å²) in [6, 6.07) is 11.5. The molecule has 26 heavy (non-hydrogen) atoms. The number of hydrogen-bond acceptors (Lipinski definition) is 5. The van der Waals surface area contributed by atoms with Crippen LogP contribution in [0.5, 0.6) is 0 Å². The van der Waals surface area contributed by atoms with Gasteiger partial charge in [0.25, 0.3) is 0 Å². The summed E-state index contributed by atoms with van der Waals surface area (Å²) in [5.74, 6) is 0.765. The molecule has 0 fully saturated rings. The fraction of sp³-hybridized carbons (Fsp3) is 0.211. The second kappa shape index (κ2) is 8.82. The molecule has 1 aromatic carbocycles. The molecule has 1 atom stereocenters. The Morgan fingerprint density at radius 1 is 1.35 bits per heavy atom. The standard InChI is InChI=1S/C19H20N4OS2/c1-3-8-16(18(24)20-15-9-6-5-7-10-15)26-19-22-21-17(23(19)4-2)14-11-12-25-13-14/h3,5-7,9-13,16H,1,4,8H2,2H3,(H,20,24). The molecule has 2 aromatic heterocycles. The molecule has 3 rings (SSSR count). The molecule has 0 aliphatic rings. The van der Waals surface area contributed by atoms with E-state index in [0.29, 0.717) is 6.42 Å². The van der Waals surface area contributed by atoms with Crippen LogP contribution in [-0.4, -0.2) is 25.9 Å². The molecule has 0 spiro atoms. The molecule has 1 N–H and O–H groups in total. The summed E-state index contributed by atoms with van der Waals surface area (Å²) < 4.78 is 2.04. The largest absolute Gasteiger partial charge is 0.325 e. The van der Waals surface area contributed by atoms with E-state index >= 15 is 0 Å². The first kappa shape index (κ1) is 18.4. The fourth-order valence-electron chi connectivity index (χ4n) is 2.50. The second-order valence-electron chi connectivity index (χ2n) is 5.55. The first-order valence-corrected chi connectivity index (χ1v) is 10.1. The van der Waals surface area contributed by atoms with E-state index in [0.717, 1.165) is 28.8 Å². The normalized spacial score (nSPS) is 11.9. The van der Waals surface area contributed by atoms with E-state index < -0.39 is 0 Å². The lowest BCUT2D eigenvalue weighted by Gasteiger charge is -2.15. The summed E-state index contributed by atoms with van der Waals surface area (Å²) in [5, 5.41) is 16.1. The van der Waals surface area contributed by atoms with E-state index in [1.54, 1.807) is 17.4 Å². The van der Waals surface area contributed by atoms with Crippen LogP contribution in [0.2, 0.25) is 0 Å². The number of para-hydroxylation sites is 1. The number of carbonyl (C=O) groups excluding carboxylic acids is 1. The number of allylic oxidation sites excluding steroid dienone is 1. The van der Waals surface area contributed by atoms with Crippen LogP contribution in [-0.2, 0) is 11.3 Å². The van der Waals surface area contributed by atoms with Crippen molar-refractivity contribution in [1.82, 2.24) is 14.8 Å². The zero-order valence-electron chi connectivity index (χ0n) is 14.5. The Labute approximate surface area is 161 Å². The molecule has 0 saturated carbocycles. The molecule has 0 saturated heterocycles. The fourth-order valence-corrected chi connectivity index (χ4v) is 4.22. The average Bonchev–Trinajstić information content (AvgIpc) is 3.31. The minimum absolute atomic E-state index is 0.0659. The van der Waals surface area contributed by atoms with Crippen molar-refractivity contribution in [2.75, 3.05) is 5.32 Å². The summed E-state index contributed by atoms with van der Waals surface area (Å²) in [5.41, 5.74) is 1.83. The number of thiophene rings is 1. The molecule has 1 unspecified atom stereocenters. The third kappa shape index (κ3) is 4.23. The molecule has 3 aromatic rings. The SMILES string of the molecule is C=CCC(Sc1nnc(-c2ccsc2)n1CC)C(=O)Nc1ccccc1. The van der Waals surface area contributed by atoms with Gasteiger partial charge in [-0.05, 0) is 36.9 Å². The van der Waals surface area contributed by atoms with Crippen LogP contribution in [0, 0.1) is 0 Å². The van der Waals surface area contributed by atoms with Crippen molar-refractivity contribution in [2.45, 2.75) is 30.3 Å². The van der Waals surface area contributed by atoms with E-state index in [1.807, 2.05) is 51.7 Å². The third-order valence-corrected chi connectivity index (χ3v) is 5.66. The molecule has 7 heteroatoms. The Kier molecular flexibility index (Phi) is 6.25. The van der Waals surface area contributed by atoms with Gasteiger partial charge in [-0.2, -0.15) is 11.3 Å². The van der Waals surface area contributed by atoms with Crippen LogP contribution in [0.1, 0.15) is 13.3 Å². The van der Waals surface area contributed by atoms with E-state index in [-0.39, 0.29) is 11.2 Å². The molecule has 0 aliphatic heterocycles. The number of thioether (sulfide) groups is 1. The van der Waals surface area contributed by atoms with Crippen LogP contribution in [0.4, 0.5) is 5.69 Å². The lowest BCUT2D eigenvalue weighted by molar-refractivity contribution is -0.115. The first-order chi connectivity index (χ1) is 12.7. The molecular weight excluding hydrogens is 364 g/mol. The Morgan fingerprint density at radius 3 is 2.81 bits per heavy atom. The first-order valence-electron chi connectivity index (χ1n) is 8.32. The van der Waals surface area contributed by atoms with Gasteiger partial charge in [0.1, 0.15) is 0 Å². The number of hydrogen-bond donors (Lipinski definition) is 1. The van der Waals surface area contributed by atoms with Crippen molar-refractivity contribution in [1.29, 1.82) is 0 Å². The number of benzene rings is 1. The molecule has 0 aliphatic carbocycles. The Hall–Kier alpha value is -2.38. The smallest absolute Gasteiger partial charge is 0.238 e. The highest BCUT2D eigenvalue weighted by Gasteiger charge is 2.23. The maximum absolute atomic E-state index is 12.7. The number of anilines is 1. The topological polar surface area (TPSA) is 59.8 Å². The van der Waals surface area contributed by atoms with Crippen molar-refractivity contribution >= 4 is 34.7 Å². The van der Waals surface area contributed by atoms with Gasteiger partial charge in [-0.15, -0.1) is 16.8 Å². The maximum atomic E-state index is 12.7. The van der Waals surface area contributed by atoms with Crippen LogP contribution in [0.15, 0.2) is 65.0 Å². The summed E-state index contributed by atoms with van der Waals surface area (Å²) in [6.07, 6.45) is 2.31. The Morgan fingerprint density at radius 2 is 2.15 bits per heavy atom. The quantitative estimate of drug-likeness (QED) is 0.452. The van der Waals surface area contributed by atoms with Crippen molar-refractivity contribution in [3.63, 3.8) is 0 Å². The Bertz CT molecular complexity index is 859. The molecule has 134 valence electrons. The number of aromatic nitrogens is 3. The maximum Gasteiger partial charge on any atom is 0.238 e. The summed E-state index contributed by atoms with van der Waals surface area (Å²) >= 11 is 3.05. The predicted octanol–water partition coefficient (Wildman–Crippen LogP) is 4.70. The van der Waals surface area contributed by atoms with Gasteiger partial charge in [-0.25, -0.2) is 0 Å². The highest BCUT2D eigenvalue weighted by atomic mass is 32.2. The zero-order chi connectivity index (χ0) is 18.4. The summed E-state index contributed by atoms with van der Waals surface area (Å²) in [7, 11) is 0. The van der Waals surface area contributed by atoms with Crippen LogP contribution in [0.25, 0.3) is 11.4 Å². The zero-order valence-corrected chi connectivity index (χ0v) is 16.1. The predicted molar refractivity (Wildman–Crippen MR) is 109 cm³/mol. The summed E-state index contributed by atoms with van der Waals surface area (Å²) in [6.45, 7) is 6.57. The second-order valence-corrected chi connectivity index (χ2v) is 7.50. The van der Waals surface area contributed by atoms with Gasteiger partial charge in [0.2, 0.25) is 5.91 Å². The molecule has 1 amide bonds. The highest BCUT2D eigenvalue weighted by Crippen LogP contribution is 2.29. The van der Waals surface area contributed by atoms with Crippen molar-refractivity contribution in [2.24, 2.45) is 0 Å². The number of rotatable bonds is 8. The Balaban J connectivity index is 1.80. The average molecular weight is 385 g/mol.